The summed E-state index contributed by atoms with van der Waals surface area (Å²) in [6, 6.07) is 7.96. The first-order valence-electron chi connectivity index (χ1n) is 4.50. The Labute approximate surface area is 86.1 Å². The van der Waals surface area contributed by atoms with E-state index >= 15 is 0 Å². The third kappa shape index (κ3) is 1.86. The number of nitrogens with zero attached hydrogens (tertiary/aromatic N) is 1. The molecule has 4 heteroatoms. The van der Waals surface area contributed by atoms with E-state index in [9.17, 15) is 0 Å². The van der Waals surface area contributed by atoms with Gasteiger partial charge in [-0.1, -0.05) is 12.1 Å². The van der Waals surface area contributed by atoms with Crippen LogP contribution < -0.4 is 4.74 Å². The molecule has 0 radical (unpaired) electrons. The van der Waals surface area contributed by atoms with Crippen LogP contribution in [-0.2, 0) is 0 Å². The lowest BCUT2D eigenvalue weighted by Gasteiger charge is -2.00. The van der Waals surface area contributed by atoms with Crippen molar-refractivity contribution in [2.24, 2.45) is 0 Å². The zero-order chi connectivity index (χ0) is 9.80. The van der Waals surface area contributed by atoms with E-state index in [0.717, 1.165) is 10.1 Å². The first-order valence-corrected chi connectivity index (χ1v) is 5.27. The van der Waals surface area contributed by atoms with E-state index in [1.54, 1.807) is 0 Å². The van der Waals surface area contributed by atoms with Crippen LogP contribution in [0.25, 0.3) is 10.1 Å². The predicted octanol–water partition coefficient (Wildman–Crippen LogP) is 2.06. The number of ether oxygens (including phenoxy) is 1. The van der Waals surface area contributed by atoms with Crippen LogP contribution in [0.2, 0.25) is 0 Å². The summed E-state index contributed by atoms with van der Waals surface area (Å²) >= 11 is 1.43. The zero-order valence-electron chi connectivity index (χ0n) is 7.64. The summed E-state index contributed by atoms with van der Waals surface area (Å²) in [5, 5.41) is 9.66. The Balaban J connectivity index is 2.17. The second-order valence-electron chi connectivity index (χ2n) is 2.91. The highest BCUT2D eigenvalue weighted by Gasteiger charge is 2.05. The van der Waals surface area contributed by atoms with Crippen molar-refractivity contribution in [2.75, 3.05) is 13.2 Å². The SMILES string of the molecule is OCCCOc1nsc2ccccc12. The minimum Gasteiger partial charge on any atom is -0.477 e. The summed E-state index contributed by atoms with van der Waals surface area (Å²) < 4.78 is 10.8. The molecule has 2 rings (SSSR count). The lowest BCUT2D eigenvalue weighted by Crippen LogP contribution is -1.99. The van der Waals surface area contributed by atoms with Crippen LogP contribution in [0.15, 0.2) is 24.3 Å². The van der Waals surface area contributed by atoms with Gasteiger partial charge < -0.3 is 9.84 Å². The Morgan fingerprint density at radius 1 is 1.36 bits per heavy atom. The molecule has 0 amide bonds. The number of aromatic nitrogens is 1. The first-order chi connectivity index (χ1) is 6.92. The molecule has 0 spiro atoms. The largest absolute Gasteiger partial charge is 0.477 e. The van der Waals surface area contributed by atoms with Gasteiger partial charge in [0, 0.05) is 13.0 Å². The summed E-state index contributed by atoms with van der Waals surface area (Å²) in [5.41, 5.74) is 0. The van der Waals surface area contributed by atoms with Gasteiger partial charge in [0.05, 0.1) is 16.7 Å². The smallest absolute Gasteiger partial charge is 0.233 e. The molecule has 0 saturated carbocycles. The van der Waals surface area contributed by atoms with Crippen molar-refractivity contribution in [2.45, 2.75) is 6.42 Å². The number of aliphatic hydroxyl groups excluding tert-OH is 1. The van der Waals surface area contributed by atoms with Gasteiger partial charge in [0.15, 0.2) is 0 Å². The molecule has 0 saturated heterocycles. The molecule has 1 N–H and O–H groups in total. The minimum absolute atomic E-state index is 0.155. The lowest BCUT2D eigenvalue weighted by molar-refractivity contribution is 0.232. The number of hydrogen-bond acceptors (Lipinski definition) is 4. The van der Waals surface area contributed by atoms with Gasteiger partial charge >= 0.3 is 0 Å². The Hall–Kier alpha value is -1.13. The first kappa shape index (κ1) is 9.43. The number of fused-ring (bicyclic) bond motifs is 1. The van der Waals surface area contributed by atoms with Crippen LogP contribution in [-0.4, -0.2) is 22.7 Å². The van der Waals surface area contributed by atoms with Gasteiger partial charge in [-0.05, 0) is 23.7 Å². The molecule has 3 nitrogen and oxygen atoms in total. The highest BCUT2D eigenvalue weighted by molar-refractivity contribution is 7.13. The van der Waals surface area contributed by atoms with Gasteiger partial charge in [-0.3, -0.25) is 0 Å². The van der Waals surface area contributed by atoms with Gasteiger partial charge in [0.2, 0.25) is 5.88 Å². The highest BCUT2D eigenvalue weighted by atomic mass is 32.1. The molecule has 0 unspecified atom stereocenters. The number of rotatable bonds is 4. The molecule has 1 aromatic heterocycles. The molecule has 0 aliphatic heterocycles. The van der Waals surface area contributed by atoms with Gasteiger partial charge in [0.1, 0.15) is 0 Å². The summed E-state index contributed by atoms with van der Waals surface area (Å²) in [4.78, 5) is 0. The predicted molar refractivity (Wildman–Crippen MR) is 56.8 cm³/mol. The standard InChI is InChI=1S/C10H11NO2S/c12-6-3-7-13-10-8-4-1-2-5-9(8)14-11-10/h1-2,4-5,12H,3,6-7H2. The Morgan fingerprint density at radius 2 is 2.21 bits per heavy atom. The van der Waals surface area contributed by atoms with Crippen LogP contribution in [0.1, 0.15) is 6.42 Å². The van der Waals surface area contributed by atoms with E-state index < -0.39 is 0 Å². The molecule has 0 fully saturated rings. The average Bonchev–Trinajstić information content (AvgIpc) is 2.63. The van der Waals surface area contributed by atoms with E-state index in [1.165, 1.54) is 11.5 Å². The van der Waals surface area contributed by atoms with Crippen molar-refractivity contribution in [1.29, 1.82) is 0 Å². The Morgan fingerprint density at radius 3 is 3.07 bits per heavy atom. The molecule has 0 aliphatic carbocycles. The van der Waals surface area contributed by atoms with Gasteiger partial charge in [-0.15, -0.1) is 0 Å². The van der Waals surface area contributed by atoms with Crippen molar-refractivity contribution in [3.63, 3.8) is 0 Å². The molecule has 1 heterocycles. The fraction of sp³-hybridized carbons (Fsp3) is 0.300. The molecule has 0 bridgehead atoms. The van der Waals surface area contributed by atoms with Crippen molar-refractivity contribution >= 4 is 21.6 Å². The van der Waals surface area contributed by atoms with Crippen LogP contribution >= 0.6 is 11.5 Å². The monoisotopic (exact) mass is 209 g/mol. The minimum atomic E-state index is 0.155. The van der Waals surface area contributed by atoms with E-state index in [2.05, 4.69) is 4.37 Å². The number of hydrogen-bond donors (Lipinski definition) is 1. The number of benzene rings is 1. The van der Waals surface area contributed by atoms with Gasteiger partial charge in [-0.25, -0.2) is 0 Å². The zero-order valence-corrected chi connectivity index (χ0v) is 8.46. The van der Waals surface area contributed by atoms with Crippen LogP contribution in [0.4, 0.5) is 0 Å². The second kappa shape index (κ2) is 4.39. The maximum atomic E-state index is 8.61. The lowest BCUT2D eigenvalue weighted by atomic mass is 10.3. The normalized spacial score (nSPS) is 10.6. The maximum absolute atomic E-state index is 8.61. The van der Waals surface area contributed by atoms with Gasteiger partial charge in [-0.2, -0.15) is 4.37 Å². The third-order valence-electron chi connectivity index (χ3n) is 1.89. The van der Waals surface area contributed by atoms with Crippen molar-refractivity contribution in [1.82, 2.24) is 4.37 Å². The molecular formula is C10H11NO2S. The van der Waals surface area contributed by atoms with Crippen molar-refractivity contribution in [3.8, 4) is 5.88 Å². The second-order valence-corrected chi connectivity index (χ2v) is 3.71. The third-order valence-corrected chi connectivity index (χ3v) is 2.70. The highest BCUT2D eigenvalue weighted by Crippen LogP contribution is 2.27. The van der Waals surface area contributed by atoms with Crippen LogP contribution in [0, 0.1) is 0 Å². The van der Waals surface area contributed by atoms with Gasteiger partial charge in [0.25, 0.3) is 0 Å². The molecule has 1 aromatic carbocycles. The van der Waals surface area contributed by atoms with E-state index in [-0.39, 0.29) is 6.61 Å². The topological polar surface area (TPSA) is 42.4 Å². The quantitative estimate of drug-likeness (QED) is 0.784. The molecule has 2 aromatic rings. The average molecular weight is 209 g/mol. The van der Waals surface area contributed by atoms with E-state index in [4.69, 9.17) is 9.84 Å². The van der Waals surface area contributed by atoms with Crippen molar-refractivity contribution in [3.05, 3.63) is 24.3 Å². The fourth-order valence-electron chi connectivity index (χ4n) is 1.20. The molecule has 0 atom stereocenters. The van der Waals surface area contributed by atoms with Crippen LogP contribution in [0.5, 0.6) is 5.88 Å². The molecule has 14 heavy (non-hydrogen) atoms. The molecular weight excluding hydrogens is 198 g/mol. The molecule has 74 valence electrons. The number of aliphatic hydroxyl groups is 1. The van der Waals surface area contributed by atoms with E-state index in [0.29, 0.717) is 18.9 Å². The Bertz CT molecular complexity index is 413. The summed E-state index contributed by atoms with van der Waals surface area (Å²) in [7, 11) is 0. The summed E-state index contributed by atoms with van der Waals surface area (Å²) in [5.74, 6) is 0.680. The maximum Gasteiger partial charge on any atom is 0.233 e. The summed E-state index contributed by atoms with van der Waals surface area (Å²) in [6.07, 6.45) is 0.645. The van der Waals surface area contributed by atoms with Crippen LogP contribution in [0.3, 0.4) is 0 Å². The fourth-order valence-corrected chi connectivity index (χ4v) is 1.93. The molecule has 0 aliphatic rings. The Kier molecular flexibility index (Phi) is 2.96. The summed E-state index contributed by atoms with van der Waals surface area (Å²) in [6.45, 7) is 0.673. The van der Waals surface area contributed by atoms with E-state index in [1.807, 2.05) is 24.3 Å². The van der Waals surface area contributed by atoms with Crippen molar-refractivity contribution < 1.29 is 9.84 Å².